The molecule has 0 aliphatic rings. The Bertz CT molecular complexity index is 298. The minimum atomic E-state index is -0.442. The second-order valence-electron chi connectivity index (χ2n) is 2.78. The first-order chi connectivity index (χ1) is 6.15. The first-order valence-corrected chi connectivity index (χ1v) is 4.76. The quantitative estimate of drug-likeness (QED) is 0.895. The van der Waals surface area contributed by atoms with E-state index in [4.69, 9.17) is 10.8 Å². The number of rotatable bonds is 3. The fourth-order valence-corrected chi connectivity index (χ4v) is 1.47. The summed E-state index contributed by atoms with van der Waals surface area (Å²) in [5, 5.41) is 8.64. The van der Waals surface area contributed by atoms with Gasteiger partial charge in [-0.05, 0) is 24.6 Å². The zero-order valence-corrected chi connectivity index (χ0v) is 9.81. The van der Waals surface area contributed by atoms with E-state index in [1.165, 1.54) is 6.07 Å². The first-order valence-electron chi connectivity index (χ1n) is 3.96. The van der Waals surface area contributed by atoms with Crippen LogP contribution in [-0.2, 0) is 0 Å². The van der Waals surface area contributed by atoms with Gasteiger partial charge in [-0.25, -0.2) is 4.39 Å². The SMILES string of the molecule is Cl.N[C@H](CCO)c1cc(Br)ccc1F. The van der Waals surface area contributed by atoms with Crippen LogP contribution in [0.5, 0.6) is 0 Å². The monoisotopic (exact) mass is 283 g/mol. The Balaban J connectivity index is 0.00000169. The van der Waals surface area contributed by atoms with E-state index in [0.29, 0.717) is 12.0 Å². The molecule has 0 amide bonds. The maximum atomic E-state index is 13.2. The maximum absolute atomic E-state index is 13.2. The van der Waals surface area contributed by atoms with Gasteiger partial charge in [0.1, 0.15) is 5.82 Å². The van der Waals surface area contributed by atoms with E-state index in [-0.39, 0.29) is 24.8 Å². The molecule has 0 bridgehead atoms. The van der Waals surface area contributed by atoms with Crippen molar-refractivity contribution in [2.24, 2.45) is 5.73 Å². The summed E-state index contributed by atoms with van der Waals surface area (Å²) < 4.78 is 14.0. The van der Waals surface area contributed by atoms with Crippen molar-refractivity contribution in [3.8, 4) is 0 Å². The van der Waals surface area contributed by atoms with Crippen LogP contribution in [0.4, 0.5) is 4.39 Å². The molecule has 0 radical (unpaired) electrons. The van der Waals surface area contributed by atoms with Gasteiger partial charge in [-0.3, -0.25) is 0 Å². The molecule has 1 atom stereocenters. The highest BCUT2D eigenvalue weighted by molar-refractivity contribution is 9.10. The second-order valence-corrected chi connectivity index (χ2v) is 3.70. The Morgan fingerprint density at radius 3 is 2.71 bits per heavy atom. The molecule has 0 aliphatic carbocycles. The van der Waals surface area contributed by atoms with Crippen LogP contribution < -0.4 is 5.73 Å². The molecular formula is C9H12BrClFNO. The third kappa shape index (κ3) is 3.53. The highest BCUT2D eigenvalue weighted by atomic mass is 79.9. The van der Waals surface area contributed by atoms with Gasteiger partial charge in [-0.1, -0.05) is 15.9 Å². The van der Waals surface area contributed by atoms with Gasteiger partial charge in [0.2, 0.25) is 0 Å². The molecule has 0 aliphatic heterocycles. The van der Waals surface area contributed by atoms with Crippen LogP contribution in [-0.4, -0.2) is 11.7 Å². The van der Waals surface area contributed by atoms with E-state index in [2.05, 4.69) is 15.9 Å². The molecule has 0 fully saturated rings. The minimum absolute atomic E-state index is 0. The van der Waals surface area contributed by atoms with Crippen LogP contribution in [0.1, 0.15) is 18.0 Å². The number of aliphatic hydroxyl groups is 1. The summed E-state index contributed by atoms with van der Waals surface area (Å²) in [6.07, 6.45) is 0.368. The van der Waals surface area contributed by atoms with E-state index >= 15 is 0 Å². The van der Waals surface area contributed by atoms with Crippen molar-refractivity contribution in [3.63, 3.8) is 0 Å². The molecule has 0 saturated carbocycles. The summed E-state index contributed by atoms with van der Waals surface area (Å²) >= 11 is 3.23. The second kappa shape index (κ2) is 6.35. The lowest BCUT2D eigenvalue weighted by Gasteiger charge is -2.11. The predicted octanol–water partition coefficient (Wildman–Crippen LogP) is 2.39. The van der Waals surface area contributed by atoms with Gasteiger partial charge < -0.3 is 10.8 Å². The molecule has 0 heterocycles. The van der Waals surface area contributed by atoms with Gasteiger partial charge >= 0.3 is 0 Å². The van der Waals surface area contributed by atoms with Gasteiger partial charge in [0, 0.05) is 22.7 Å². The van der Waals surface area contributed by atoms with Crippen LogP contribution >= 0.6 is 28.3 Å². The summed E-state index contributed by atoms with van der Waals surface area (Å²) in [5.41, 5.74) is 6.09. The predicted molar refractivity (Wildman–Crippen MR) is 60.0 cm³/mol. The van der Waals surface area contributed by atoms with Crippen LogP contribution in [0, 0.1) is 5.82 Å². The lowest BCUT2D eigenvalue weighted by atomic mass is 10.0. The molecule has 5 heteroatoms. The molecule has 1 aromatic carbocycles. The summed E-state index contributed by atoms with van der Waals surface area (Å²) in [5.74, 6) is -0.329. The van der Waals surface area contributed by atoms with Gasteiger partial charge in [-0.2, -0.15) is 0 Å². The highest BCUT2D eigenvalue weighted by Gasteiger charge is 2.10. The summed E-state index contributed by atoms with van der Waals surface area (Å²) in [6, 6.07) is 4.17. The van der Waals surface area contributed by atoms with Gasteiger partial charge in [0.05, 0.1) is 0 Å². The van der Waals surface area contributed by atoms with Gasteiger partial charge in [0.15, 0.2) is 0 Å². The maximum Gasteiger partial charge on any atom is 0.128 e. The van der Waals surface area contributed by atoms with Crippen molar-refractivity contribution in [1.29, 1.82) is 0 Å². The number of hydrogen-bond donors (Lipinski definition) is 2. The molecule has 1 aromatic rings. The molecule has 0 unspecified atom stereocenters. The number of benzene rings is 1. The number of nitrogens with two attached hydrogens (primary N) is 1. The van der Waals surface area contributed by atoms with Crippen molar-refractivity contribution in [1.82, 2.24) is 0 Å². The summed E-state index contributed by atoms with van der Waals surface area (Å²) in [7, 11) is 0. The Morgan fingerprint density at radius 1 is 1.50 bits per heavy atom. The molecule has 14 heavy (non-hydrogen) atoms. The molecule has 0 saturated heterocycles. The molecular weight excluding hydrogens is 272 g/mol. The molecule has 3 N–H and O–H groups in total. The molecule has 80 valence electrons. The van der Waals surface area contributed by atoms with Crippen molar-refractivity contribution >= 4 is 28.3 Å². The number of aliphatic hydroxyl groups excluding tert-OH is 1. The Labute approximate surface area is 96.8 Å². The van der Waals surface area contributed by atoms with E-state index in [1.807, 2.05) is 0 Å². The zero-order chi connectivity index (χ0) is 9.84. The zero-order valence-electron chi connectivity index (χ0n) is 7.41. The highest BCUT2D eigenvalue weighted by Crippen LogP contribution is 2.21. The first kappa shape index (κ1) is 13.8. The van der Waals surface area contributed by atoms with Crippen molar-refractivity contribution in [2.45, 2.75) is 12.5 Å². The van der Waals surface area contributed by atoms with Crippen molar-refractivity contribution < 1.29 is 9.50 Å². The van der Waals surface area contributed by atoms with Crippen LogP contribution in [0.25, 0.3) is 0 Å². The average Bonchev–Trinajstić information content (AvgIpc) is 2.09. The molecule has 1 rings (SSSR count). The van der Waals surface area contributed by atoms with Crippen molar-refractivity contribution in [2.75, 3.05) is 6.61 Å². The largest absolute Gasteiger partial charge is 0.396 e. The fraction of sp³-hybridized carbons (Fsp3) is 0.333. The molecule has 0 aromatic heterocycles. The minimum Gasteiger partial charge on any atom is -0.396 e. The van der Waals surface area contributed by atoms with Gasteiger partial charge in [0.25, 0.3) is 0 Å². The van der Waals surface area contributed by atoms with Crippen LogP contribution in [0.15, 0.2) is 22.7 Å². The Hall–Kier alpha value is -0.160. The summed E-state index contributed by atoms with van der Waals surface area (Å²) in [6.45, 7) is -0.0346. The van der Waals surface area contributed by atoms with Crippen LogP contribution in [0.3, 0.4) is 0 Å². The summed E-state index contributed by atoms with van der Waals surface area (Å²) in [4.78, 5) is 0. The number of halogens is 3. The third-order valence-electron chi connectivity index (χ3n) is 1.80. The van der Waals surface area contributed by atoms with Crippen LogP contribution in [0.2, 0.25) is 0 Å². The lowest BCUT2D eigenvalue weighted by Crippen LogP contribution is -2.13. The van der Waals surface area contributed by atoms with E-state index in [0.717, 1.165) is 4.47 Å². The van der Waals surface area contributed by atoms with Gasteiger partial charge in [-0.15, -0.1) is 12.4 Å². The van der Waals surface area contributed by atoms with E-state index in [9.17, 15) is 4.39 Å². The fourth-order valence-electron chi connectivity index (χ4n) is 1.09. The van der Waals surface area contributed by atoms with Crippen molar-refractivity contribution in [3.05, 3.63) is 34.1 Å². The normalized spacial score (nSPS) is 12.0. The third-order valence-corrected chi connectivity index (χ3v) is 2.29. The smallest absolute Gasteiger partial charge is 0.128 e. The van der Waals surface area contributed by atoms with E-state index in [1.54, 1.807) is 12.1 Å². The standard InChI is InChI=1S/C9H11BrFNO.ClH/c10-6-1-2-8(11)7(5-6)9(12)3-4-13;/h1-2,5,9,13H,3-4,12H2;1H/t9-;/m1./s1. The average molecular weight is 285 g/mol. The Kier molecular flexibility index (Phi) is 6.27. The number of hydrogen-bond acceptors (Lipinski definition) is 2. The molecule has 2 nitrogen and oxygen atoms in total. The topological polar surface area (TPSA) is 46.2 Å². The lowest BCUT2D eigenvalue weighted by molar-refractivity contribution is 0.275. The Morgan fingerprint density at radius 2 is 2.14 bits per heavy atom. The molecule has 0 spiro atoms. The van der Waals surface area contributed by atoms with E-state index < -0.39 is 6.04 Å².